The Morgan fingerprint density at radius 1 is 1.32 bits per heavy atom. The minimum Gasteiger partial charge on any atom is -0.325 e. The molecule has 0 spiro atoms. The molecule has 1 atom stereocenters. The van der Waals surface area contributed by atoms with E-state index in [-0.39, 0.29) is 18.2 Å². The van der Waals surface area contributed by atoms with Crippen molar-refractivity contribution in [2.75, 3.05) is 11.9 Å². The Morgan fingerprint density at radius 3 is 2.68 bits per heavy atom. The van der Waals surface area contributed by atoms with Gasteiger partial charge in [-0.05, 0) is 78.4 Å². The zero-order valence-corrected chi connectivity index (χ0v) is 19.1. The lowest BCUT2D eigenvalue weighted by Crippen LogP contribution is -2.45. The van der Waals surface area contributed by atoms with Crippen molar-refractivity contribution in [2.45, 2.75) is 25.5 Å². The van der Waals surface area contributed by atoms with E-state index >= 15 is 0 Å². The van der Waals surface area contributed by atoms with Crippen LogP contribution in [0.2, 0.25) is 5.02 Å². The van der Waals surface area contributed by atoms with E-state index in [0.717, 1.165) is 9.13 Å². The molecule has 1 fully saturated rings. The van der Waals surface area contributed by atoms with E-state index in [1.807, 2.05) is 50.2 Å². The topological polar surface area (TPSA) is 61.8 Å². The van der Waals surface area contributed by atoms with Crippen molar-refractivity contribution in [1.29, 1.82) is 0 Å². The van der Waals surface area contributed by atoms with Crippen LogP contribution in [0.25, 0.3) is 0 Å². The number of aryl methyl sites for hydroxylation is 1. The fraction of sp³-hybridized carbons (Fsp3) is 0.250. The highest BCUT2D eigenvalue weighted by Gasteiger charge is 2.35. The van der Waals surface area contributed by atoms with Gasteiger partial charge in [-0.15, -0.1) is 0 Å². The van der Waals surface area contributed by atoms with Gasteiger partial charge in [0, 0.05) is 27.2 Å². The molecule has 1 heterocycles. The van der Waals surface area contributed by atoms with Gasteiger partial charge < -0.3 is 5.32 Å². The van der Waals surface area contributed by atoms with Gasteiger partial charge in [-0.1, -0.05) is 29.4 Å². The van der Waals surface area contributed by atoms with Crippen molar-refractivity contribution < 1.29 is 9.59 Å². The van der Waals surface area contributed by atoms with Gasteiger partial charge in [0.05, 0.1) is 5.69 Å². The molecule has 28 heavy (non-hydrogen) atoms. The van der Waals surface area contributed by atoms with Crippen LogP contribution in [0, 0.1) is 10.5 Å². The van der Waals surface area contributed by atoms with Crippen LogP contribution in [0.3, 0.4) is 0 Å². The molecular weight excluding hydrogens is 509 g/mol. The number of carbonyl (C=O) groups is 2. The van der Waals surface area contributed by atoms with Gasteiger partial charge in [0.1, 0.15) is 5.25 Å². The molecule has 5 nitrogen and oxygen atoms in total. The molecule has 1 aliphatic heterocycles. The summed E-state index contributed by atoms with van der Waals surface area (Å²) in [6.07, 6.45) is 0.141. The van der Waals surface area contributed by atoms with E-state index in [1.54, 1.807) is 11.0 Å². The summed E-state index contributed by atoms with van der Waals surface area (Å²) in [5.41, 5.74) is 2.32. The van der Waals surface area contributed by atoms with E-state index in [4.69, 9.17) is 11.6 Å². The minimum atomic E-state index is -0.533. The third kappa shape index (κ3) is 5.07. The number of carbonyl (C=O) groups excluding carboxylic acids is 2. The lowest BCUT2D eigenvalue weighted by molar-refractivity contribution is -0.129. The Morgan fingerprint density at radius 2 is 2.04 bits per heavy atom. The standard InChI is InChI=1S/C20H19ClIN3O2S/c1-3-25-18(26)11-17(19(27)23-14-8-5-13(22)6-9-14)28-20(25)24-15-7-4-12(2)16(21)10-15/h4-10,17H,3,11H2,1-2H3,(H,23,27). The molecule has 2 amide bonds. The van der Waals surface area contributed by atoms with Crippen LogP contribution < -0.4 is 5.32 Å². The second kappa shape index (κ2) is 9.28. The van der Waals surface area contributed by atoms with Gasteiger partial charge in [-0.25, -0.2) is 4.99 Å². The van der Waals surface area contributed by atoms with Crippen molar-refractivity contribution in [3.8, 4) is 0 Å². The van der Waals surface area contributed by atoms with Gasteiger partial charge in [0.2, 0.25) is 11.8 Å². The van der Waals surface area contributed by atoms with Crippen molar-refractivity contribution in [1.82, 2.24) is 4.90 Å². The van der Waals surface area contributed by atoms with Crippen molar-refractivity contribution in [3.05, 3.63) is 56.6 Å². The average molecular weight is 528 g/mol. The Kier molecular flexibility index (Phi) is 7.00. The molecule has 8 heteroatoms. The Labute approximate surface area is 187 Å². The highest BCUT2D eigenvalue weighted by molar-refractivity contribution is 14.1. The molecule has 2 aromatic rings. The number of nitrogens with one attached hydrogen (secondary N) is 1. The van der Waals surface area contributed by atoms with Gasteiger partial charge >= 0.3 is 0 Å². The average Bonchev–Trinajstić information content (AvgIpc) is 2.66. The summed E-state index contributed by atoms with van der Waals surface area (Å²) in [5.74, 6) is -0.314. The van der Waals surface area contributed by atoms with Crippen molar-refractivity contribution in [2.24, 2.45) is 4.99 Å². The van der Waals surface area contributed by atoms with Crippen LogP contribution in [0.5, 0.6) is 0 Å². The molecule has 1 unspecified atom stereocenters. The number of hydrogen-bond donors (Lipinski definition) is 1. The maximum Gasteiger partial charge on any atom is 0.238 e. The third-order valence-electron chi connectivity index (χ3n) is 4.24. The number of aliphatic imine (C=N–C) groups is 1. The molecular formula is C20H19ClIN3O2S. The number of rotatable bonds is 4. The van der Waals surface area contributed by atoms with Crippen LogP contribution in [-0.2, 0) is 9.59 Å². The summed E-state index contributed by atoms with van der Waals surface area (Å²) >= 11 is 9.70. The number of nitrogens with zero attached hydrogens (tertiary/aromatic N) is 2. The summed E-state index contributed by atoms with van der Waals surface area (Å²) in [7, 11) is 0. The highest BCUT2D eigenvalue weighted by atomic mass is 127. The molecule has 0 bridgehead atoms. The number of benzene rings is 2. The van der Waals surface area contributed by atoms with E-state index < -0.39 is 5.25 Å². The second-order valence-electron chi connectivity index (χ2n) is 6.27. The van der Waals surface area contributed by atoms with E-state index in [1.165, 1.54) is 11.8 Å². The second-order valence-corrected chi connectivity index (χ2v) is 9.10. The molecule has 0 aliphatic carbocycles. The molecule has 0 radical (unpaired) electrons. The quantitative estimate of drug-likeness (QED) is 0.554. The molecule has 1 saturated heterocycles. The summed E-state index contributed by atoms with van der Waals surface area (Å²) in [6.45, 7) is 4.30. The molecule has 146 valence electrons. The lowest BCUT2D eigenvalue weighted by Gasteiger charge is -2.31. The zero-order chi connectivity index (χ0) is 20.3. The van der Waals surface area contributed by atoms with Crippen molar-refractivity contribution in [3.63, 3.8) is 0 Å². The summed E-state index contributed by atoms with van der Waals surface area (Å²) in [6, 6.07) is 13.0. The largest absolute Gasteiger partial charge is 0.325 e. The fourth-order valence-electron chi connectivity index (χ4n) is 2.67. The van der Waals surface area contributed by atoms with E-state index in [2.05, 4.69) is 32.9 Å². The van der Waals surface area contributed by atoms with Crippen LogP contribution >= 0.6 is 46.0 Å². The Balaban J connectivity index is 1.82. The van der Waals surface area contributed by atoms with Crippen LogP contribution in [0.15, 0.2) is 47.5 Å². The molecule has 2 aromatic carbocycles. The number of anilines is 1. The lowest BCUT2D eigenvalue weighted by atomic mass is 10.2. The smallest absolute Gasteiger partial charge is 0.238 e. The summed E-state index contributed by atoms with van der Waals surface area (Å²) in [5, 5.41) is 3.48. The van der Waals surface area contributed by atoms with Gasteiger partial charge in [0.15, 0.2) is 5.17 Å². The maximum absolute atomic E-state index is 12.7. The first-order valence-electron chi connectivity index (χ1n) is 8.75. The first kappa shape index (κ1) is 21.1. The number of halogens is 2. The first-order valence-corrected chi connectivity index (χ1v) is 11.1. The fourth-order valence-corrected chi connectivity index (χ4v) is 4.37. The number of thioether (sulfide) groups is 1. The van der Waals surface area contributed by atoms with Gasteiger partial charge in [-0.3, -0.25) is 14.5 Å². The van der Waals surface area contributed by atoms with Crippen molar-refractivity contribution >= 4 is 74.3 Å². The van der Waals surface area contributed by atoms with E-state index in [9.17, 15) is 9.59 Å². The zero-order valence-electron chi connectivity index (χ0n) is 15.4. The maximum atomic E-state index is 12.7. The monoisotopic (exact) mass is 527 g/mol. The summed E-state index contributed by atoms with van der Waals surface area (Å²) in [4.78, 5) is 31.5. The molecule has 0 aromatic heterocycles. The Hall–Kier alpha value is -1.58. The van der Waals surface area contributed by atoms with Gasteiger partial charge in [-0.2, -0.15) is 0 Å². The number of amides is 2. The minimum absolute atomic E-state index is 0.110. The molecule has 1 N–H and O–H groups in total. The third-order valence-corrected chi connectivity index (χ3v) is 6.55. The summed E-state index contributed by atoms with van der Waals surface area (Å²) < 4.78 is 1.09. The van der Waals surface area contributed by atoms with Gasteiger partial charge in [0.25, 0.3) is 0 Å². The highest BCUT2D eigenvalue weighted by Crippen LogP contribution is 2.31. The van der Waals surface area contributed by atoms with Crippen LogP contribution in [0.4, 0.5) is 11.4 Å². The predicted octanol–water partition coefficient (Wildman–Crippen LogP) is 5.23. The molecule has 0 saturated carbocycles. The Bertz CT molecular complexity index is 934. The molecule has 3 rings (SSSR count). The SMILES string of the molecule is CCN1C(=O)CC(C(=O)Nc2ccc(I)cc2)SC1=Nc1ccc(C)c(Cl)c1. The normalized spacial score (nSPS) is 18.4. The number of amidine groups is 1. The predicted molar refractivity (Wildman–Crippen MR) is 124 cm³/mol. The van der Waals surface area contributed by atoms with E-state index in [0.29, 0.717) is 28.1 Å². The first-order chi connectivity index (χ1) is 13.4. The molecule has 1 aliphatic rings. The van der Waals surface area contributed by atoms with Crippen LogP contribution in [0.1, 0.15) is 18.9 Å². The van der Waals surface area contributed by atoms with Crippen LogP contribution in [-0.4, -0.2) is 33.7 Å². The number of hydrogen-bond acceptors (Lipinski definition) is 4.